The fourth-order valence-corrected chi connectivity index (χ4v) is 2.81. The van der Waals surface area contributed by atoms with Crippen LogP contribution >= 0.6 is 0 Å². The molecule has 1 aromatic carbocycles. The van der Waals surface area contributed by atoms with Crippen LogP contribution in [0, 0.1) is 0 Å². The first-order valence-electron chi connectivity index (χ1n) is 8.23. The third-order valence-electron chi connectivity index (χ3n) is 4.33. The monoisotopic (exact) mass is 304 g/mol. The number of nitrogens with zero attached hydrogens (tertiary/aromatic N) is 1. The number of hydrogen-bond acceptors (Lipinski definition) is 3. The van der Waals surface area contributed by atoms with E-state index in [1.165, 1.54) is 19.3 Å². The molecule has 0 aromatic heterocycles. The highest BCUT2D eigenvalue weighted by molar-refractivity contribution is 5.80. The summed E-state index contributed by atoms with van der Waals surface area (Å²) in [6, 6.07) is 9.46. The predicted molar refractivity (Wildman–Crippen MR) is 89.0 cm³/mol. The standard InChI is InChI=1S/C18H28N2O2/c1-15(22-16-10-6-4-7-11-16)17(21)19-14-18(2,3)20-12-8-5-9-13-20/h4,6-7,10-11,15H,5,8-9,12-14H2,1-3H3,(H,19,21). The Morgan fingerprint density at radius 3 is 2.50 bits per heavy atom. The van der Waals surface area contributed by atoms with Crippen LogP contribution < -0.4 is 10.1 Å². The zero-order valence-corrected chi connectivity index (χ0v) is 14.0. The molecular formula is C18H28N2O2. The van der Waals surface area contributed by atoms with Crippen molar-refractivity contribution in [2.45, 2.75) is 51.7 Å². The third kappa shape index (κ3) is 4.73. The smallest absolute Gasteiger partial charge is 0.260 e. The molecule has 0 spiro atoms. The van der Waals surface area contributed by atoms with E-state index in [0.717, 1.165) is 18.8 Å². The van der Waals surface area contributed by atoms with Crippen molar-refractivity contribution in [1.29, 1.82) is 0 Å². The summed E-state index contributed by atoms with van der Waals surface area (Å²) in [6.07, 6.45) is 3.34. The molecule has 2 rings (SSSR count). The predicted octanol–water partition coefficient (Wildman–Crippen LogP) is 2.83. The molecule has 1 unspecified atom stereocenters. The molecule has 1 amide bonds. The molecule has 0 saturated carbocycles. The summed E-state index contributed by atoms with van der Waals surface area (Å²) in [5.41, 5.74) is -0.0114. The van der Waals surface area contributed by atoms with Crippen LogP contribution in [0.15, 0.2) is 30.3 Å². The fraction of sp³-hybridized carbons (Fsp3) is 0.611. The normalized spacial score (nSPS) is 17.8. The molecule has 1 N–H and O–H groups in total. The van der Waals surface area contributed by atoms with Crippen molar-refractivity contribution in [3.8, 4) is 5.75 Å². The van der Waals surface area contributed by atoms with E-state index in [4.69, 9.17) is 4.74 Å². The Morgan fingerprint density at radius 1 is 1.23 bits per heavy atom. The Bertz CT molecular complexity index is 467. The van der Waals surface area contributed by atoms with E-state index < -0.39 is 6.10 Å². The Hall–Kier alpha value is -1.55. The SMILES string of the molecule is CC(Oc1ccccc1)C(=O)NCC(C)(C)N1CCCCC1. The van der Waals surface area contributed by atoms with Gasteiger partial charge >= 0.3 is 0 Å². The molecule has 1 atom stereocenters. The van der Waals surface area contributed by atoms with E-state index >= 15 is 0 Å². The molecule has 1 aromatic rings. The highest BCUT2D eigenvalue weighted by Gasteiger charge is 2.29. The van der Waals surface area contributed by atoms with Gasteiger partial charge in [0.25, 0.3) is 5.91 Å². The van der Waals surface area contributed by atoms with Gasteiger partial charge in [-0.3, -0.25) is 9.69 Å². The van der Waals surface area contributed by atoms with E-state index in [1.807, 2.05) is 30.3 Å². The zero-order valence-electron chi connectivity index (χ0n) is 14.0. The average molecular weight is 304 g/mol. The molecular weight excluding hydrogens is 276 g/mol. The second kappa shape index (κ2) is 7.63. The first-order valence-corrected chi connectivity index (χ1v) is 8.23. The summed E-state index contributed by atoms with van der Waals surface area (Å²) in [7, 11) is 0. The summed E-state index contributed by atoms with van der Waals surface area (Å²) in [4.78, 5) is 14.7. The number of amides is 1. The van der Waals surface area contributed by atoms with Crippen LogP contribution in [0.3, 0.4) is 0 Å². The number of benzene rings is 1. The van der Waals surface area contributed by atoms with Gasteiger partial charge in [0, 0.05) is 12.1 Å². The van der Waals surface area contributed by atoms with Crippen LogP contribution in [0.2, 0.25) is 0 Å². The van der Waals surface area contributed by atoms with Crippen molar-refractivity contribution < 1.29 is 9.53 Å². The minimum atomic E-state index is -0.487. The highest BCUT2D eigenvalue weighted by Crippen LogP contribution is 2.20. The molecule has 1 aliphatic heterocycles. The van der Waals surface area contributed by atoms with E-state index in [1.54, 1.807) is 6.92 Å². The Balaban J connectivity index is 1.80. The number of carbonyl (C=O) groups excluding carboxylic acids is 1. The number of para-hydroxylation sites is 1. The lowest BCUT2D eigenvalue weighted by Crippen LogP contribution is -2.54. The maximum atomic E-state index is 12.2. The first-order chi connectivity index (χ1) is 10.5. The summed E-state index contributed by atoms with van der Waals surface area (Å²) < 4.78 is 5.66. The largest absolute Gasteiger partial charge is 0.481 e. The maximum Gasteiger partial charge on any atom is 0.260 e. The van der Waals surface area contributed by atoms with Crippen LogP contribution in [-0.4, -0.2) is 42.1 Å². The van der Waals surface area contributed by atoms with Crippen molar-refractivity contribution in [1.82, 2.24) is 10.2 Å². The van der Waals surface area contributed by atoms with Gasteiger partial charge < -0.3 is 10.1 Å². The van der Waals surface area contributed by atoms with E-state index in [9.17, 15) is 4.79 Å². The number of hydrogen-bond donors (Lipinski definition) is 1. The average Bonchev–Trinajstić information content (AvgIpc) is 2.54. The molecule has 22 heavy (non-hydrogen) atoms. The minimum Gasteiger partial charge on any atom is -0.481 e. The molecule has 122 valence electrons. The molecule has 4 nitrogen and oxygen atoms in total. The Labute approximate surface area is 133 Å². The van der Waals surface area contributed by atoms with Gasteiger partial charge in [-0.05, 0) is 58.8 Å². The summed E-state index contributed by atoms with van der Waals surface area (Å²) in [5.74, 6) is 0.661. The molecule has 4 heteroatoms. The fourth-order valence-electron chi connectivity index (χ4n) is 2.81. The van der Waals surface area contributed by atoms with Crippen molar-refractivity contribution in [2.75, 3.05) is 19.6 Å². The molecule has 1 aliphatic rings. The summed E-state index contributed by atoms with van der Waals surface area (Å²) >= 11 is 0. The summed E-state index contributed by atoms with van der Waals surface area (Å²) in [6.45, 7) is 9.07. The van der Waals surface area contributed by atoms with Crippen LogP contribution in [0.5, 0.6) is 5.75 Å². The van der Waals surface area contributed by atoms with Gasteiger partial charge in [-0.15, -0.1) is 0 Å². The number of likely N-dealkylation sites (tertiary alicyclic amines) is 1. The van der Waals surface area contributed by atoms with Gasteiger partial charge in [-0.25, -0.2) is 0 Å². The van der Waals surface area contributed by atoms with Crippen molar-refractivity contribution in [3.05, 3.63) is 30.3 Å². The van der Waals surface area contributed by atoms with Gasteiger partial charge in [0.1, 0.15) is 5.75 Å². The summed E-state index contributed by atoms with van der Waals surface area (Å²) in [5, 5.41) is 3.03. The van der Waals surface area contributed by atoms with Crippen LogP contribution in [0.1, 0.15) is 40.0 Å². The van der Waals surface area contributed by atoms with Crippen molar-refractivity contribution >= 4 is 5.91 Å². The second-order valence-corrected chi connectivity index (χ2v) is 6.65. The molecule has 1 saturated heterocycles. The molecule has 0 radical (unpaired) electrons. The van der Waals surface area contributed by atoms with Crippen LogP contribution in [0.25, 0.3) is 0 Å². The quantitative estimate of drug-likeness (QED) is 0.878. The molecule has 0 aliphatic carbocycles. The van der Waals surface area contributed by atoms with Crippen molar-refractivity contribution in [3.63, 3.8) is 0 Å². The van der Waals surface area contributed by atoms with E-state index in [2.05, 4.69) is 24.1 Å². The van der Waals surface area contributed by atoms with Gasteiger partial charge in [0.2, 0.25) is 0 Å². The first kappa shape index (κ1) is 16.8. The van der Waals surface area contributed by atoms with E-state index in [0.29, 0.717) is 6.54 Å². The molecule has 1 heterocycles. The lowest BCUT2D eigenvalue weighted by molar-refractivity contribution is -0.127. The van der Waals surface area contributed by atoms with E-state index in [-0.39, 0.29) is 11.4 Å². The number of ether oxygens (including phenoxy) is 1. The van der Waals surface area contributed by atoms with Gasteiger partial charge in [0.15, 0.2) is 6.10 Å². The Kier molecular flexibility index (Phi) is 5.83. The highest BCUT2D eigenvalue weighted by atomic mass is 16.5. The number of rotatable bonds is 6. The molecule has 1 fully saturated rings. The maximum absolute atomic E-state index is 12.2. The van der Waals surface area contributed by atoms with Gasteiger partial charge in [-0.2, -0.15) is 0 Å². The lowest BCUT2D eigenvalue weighted by atomic mass is 9.98. The molecule has 0 bridgehead atoms. The topological polar surface area (TPSA) is 41.6 Å². The third-order valence-corrected chi connectivity index (χ3v) is 4.33. The second-order valence-electron chi connectivity index (χ2n) is 6.65. The van der Waals surface area contributed by atoms with Crippen LogP contribution in [0.4, 0.5) is 0 Å². The van der Waals surface area contributed by atoms with Gasteiger partial charge in [0.05, 0.1) is 0 Å². The lowest BCUT2D eigenvalue weighted by Gasteiger charge is -2.41. The zero-order chi connectivity index (χ0) is 16.0. The Morgan fingerprint density at radius 2 is 1.86 bits per heavy atom. The van der Waals surface area contributed by atoms with Crippen molar-refractivity contribution in [2.24, 2.45) is 0 Å². The number of carbonyl (C=O) groups is 1. The number of nitrogens with one attached hydrogen (secondary N) is 1. The number of piperidine rings is 1. The van der Waals surface area contributed by atoms with Gasteiger partial charge in [-0.1, -0.05) is 24.6 Å². The minimum absolute atomic E-state index is 0.0114. The van der Waals surface area contributed by atoms with Crippen LogP contribution in [-0.2, 0) is 4.79 Å².